The molecule has 1 atom stereocenters. The van der Waals surface area contributed by atoms with Gasteiger partial charge in [-0.05, 0) is 50.6 Å². The zero-order chi connectivity index (χ0) is 24.5. The highest BCUT2D eigenvalue weighted by molar-refractivity contribution is 6.10. The Kier molecular flexibility index (Phi) is 6.25. The minimum atomic E-state index is -0.567. The maximum absolute atomic E-state index is 14.0. The highest BCUT2D eigenvalue weighted by Crippen LogP contribution is 2.33. The molecule has 2 aliphatic rings. The van der Waals surface area contributed by atoms with Crippen LogP contribution >= 0.6 is 0 Å². The number of carbonyl (C=O) groups is 2. The van der Waals surface area contributed by atoms with Crippen LogP contribution in [0.4, 0.5) is 5.69 Å². The van der Waals surface area contributed by atoms with E-state index in [4.69, 9.17) is 4.74 Å². The van der Waals surface area contributed by atoms with Crippen LogP contribution < -0.4 is 9.64 Å². The van der Waals surface area contributed by atoms with Gasteiger partial charge in [0, 0.05) is 37.9 Å². The van der Waals surface area contributed by atoms with Crippen LogP contribution in [0.1, 0.15) is 28.2 Å². The van der Waals surface area contributed by atoms with E-state index >= 15 is 0 Å². The molecule has 1 fully saturated rings. The lowest BCUT2D eigenvalue weighted by Crippen LogP contribution is -2.57. The summed E-state index contributed by atoms with van der Waals surface area (Å²) in [6.45, 7) is 4.81. The SMILES string of the molecule is COc1cccc(-n2nnc(C(=O)N3c4ccccc4CCC3C(=O)N3CCN(C)CC3)c2C)c1. The molecule has 2 aliphatic heterocycles. The Labute approximate surface area is 204 Å². The third kappa shape index (κ3) is 4.27. The Morgan fingerprint density at radius 1 is 1.03 bits per heavy atom. The van der Waals surface area contributed by atoms with Crippen LogP contribution in [0.25, 0.3) is 5.69 Å². The molecule has 3 aromatic rings. The second-order valence-corrected chi connectivity index (χ2v) is 9.12. The number of amides is 2. The van der Waals surface area contributed by atoms with E-state index < -0.39 is 6.04 Å². The summed E-state index contributed by atoms with van der Waals surface area (Å²) in [6.07, 6.45) is 1.33. The topological polar surface area (TPSA) is 83.8 Å². The first-order valence-corrected chi connectivity index (χ1v) is 11.9. The third-order valence-electron chi connectivity index (χ3n) is 6.96. The molecule has 0 aliphatic carbocycles. The number of piperazine rings is 1. The Morgan fingerprint density at radius 3 is 2.57 bits per heavy atom. The number of aromatic nitrogens is 3. The van der Waals surface area contributed by atoms with Crippen molar-refractivity contribution in [2.24, 2.45) is 0 Å². The van der Waals surface area contributed by atoms with E-state index in [1.807, 2.05) is 60.4 Å². The van der Waals surface area contributed by atoms with Crippen molar-refractivity contribution in [3.63, 3.8) is 0 Å². The molecule has 0 spiro atoms. The molecule has 0 N–H and O–H groups in total. The van der Waals surface area contributed by atoms with Gasteiger partial charge in [0.25, 0.3) is 5.91 Å². The summed E-state index contributed by atoms with van der Waals surface area (Å²) in [5.74, 6) is 0.378. The number of aryl methyl sites for hydroxylation is 1. The highest BCUT2D eigenvalue weighted by Gasteiger charge is 2.40. The van der Waals surface area contributed by atoms with E-state index in [9.17, 15) is 9.59 Å². The standard InChI is InChI=1S/C26H30N6O3/c1-18-24(27-28-32(18)20-8-6-9-21(17-20)35-3)26(34)31-22-10-5-4-7-19(22)11-12-23(31)25(33)30-15-13-29(2)14-16-30/h4-10,17,23H,11-16H2,1-3H3. The first kappa shape index (κ1) is 23.0. The van der Waals surface area contributed by atoms with E-state index in [-0.39, 0.29) is 17.5 Å². The zero-order valence-corrected chi connectivity index (χ0v) is 20.3. The summed E-state index contributed by atoms with van der Waals surface area (Å²) in [5, 5.41) is 8.53. The van der Waals surface area contributed by atoms with Crippen LogP contribution in [-0.2, 0) is 11.2 Å². The molecule has 1 unspecified atom stereocenters. The third-order valence-corrected chi connectivity index (χ3v) is 6.96. The van der Waals surface area contributed by atoms with Gasteiger partial charge in [-0.15, -0.1) is 5.10 Å². The smallest absolute Gasteiger partial charge is 0.281 e. The molecule has 1 saturated heterocycles. The maximum Gasteiger partial charge on any atom is 0.281 e. The van der Waals surface area contributed by atoms with Gasteiger partial charge in [-0.3, -0.25) is 14.5 Å². The van der Waals surface area contributed by atoms with Gasteiger partial charge in [0.2, 0.25) is 5.91 Å². The number of likely N-dealkylation sites (N-methyl/N-ethyl adjacent to an activating group) is 1. The average Bonchev–Trinajstić information content (AvgIpc) is 3.28. The largest absolute Gasteiger partial charge is 0.497 e. The number of ether oxygens (including phenoxy) is 1. The van der Waals surface area contributed by atoms with Crippen molar-refractivity contribution >= 4 is 17.5 Å². The quantitative estimate of drug-likeness (QED) is 0.577. The van der Waals surface area contributed by atoms with Crippen molar-refractivity contribution in [2.45, 2.75) is 25.8 Å². The second-order valence-electron chi connectivity index (χ2n) is 9.12. The summed E-state index contributed by atoms with van der Waals surface area (Å²) in [7, 11) is 3.66. The number of hydrogen-bond donors (Lipinski definition) is 0. The van der Waals surface area contributed by atoms with E-state index in [1.54, 1.807) is 16.7 Å². The lowest BCUT2D eigenvalue weighted by atomic mass is 9.94. The Morgan fingerprint density at radius 2 is 1.80 bits per heavy atom. The van der Waals surface area contributed by atoms with Crippen LogP contribution in [-0.4, -0.2) is 83.0 Å². The molecule has 3 heterocycles. The van der Waals surface area contributed by atoms with Crippen LogP contribution in [0, 0.1) is 6.92 Å². The first-order chi connectivity index (χ1) is 17.0. The van der Waals surface area contributed by atoms with Gasteiger partial charge >= 0.3 is 0 Å². The normalized spacial score (nSPS) is 18.3. The Hall–Kier alpha value is -3.72. The molecule has 2 aromatic carbocycles. The number of hydrogen-bond acceptors (Lipinski definition) is 6. The van der Waals surface area contributed by atoms with E-state index in [0.29, 0.717) is 31.0 Å². The summed E-state index contributed by atoms with van der Waals surface area (Å²) in [6, 6.07) is 14.7. The number of fused-ring (bicyclic) bond motifs is 1. The van der Waals surface area contributed by atoms with Gasteiger partial charge in [-0.2, -0.15) is 0 Å². The lowest BCUT2D eigenvalue weighted by molar-refractivity contribution is -0.134. The second kappa shape index (κ2) is 9.50. The summed E-state index contributed by atoms with van der Waals surface area (Å²) >= 11 is 0. The Bertz CT molecular complexity index is 1250. The van der Waals surface area contributed by atoms with Crippen molar-refractivity contribution in [2.75, 3.05) is 45.2 Å². The van der Waals surface area contributed by atoms with Gasteiger partial charge in [-0.1, -0.05) is 29.5 Å². The molecule has 0 bridgehead atoms. The fraction of sp³-hybridized carbons (Fsp3) is 0.385. The van der Waals surface area contributed by atoms with Crippen molar-refractivity contribution in [1.29, 1.82) is 0 Å². The molecule has 35 heavy (non-hydrogen) atoms. The van der Waals surface area contributed by atoms with Crippen LogP contribution in [0.2, 0.25) is 0 Å². The predicted molar refractivity (Wildman–Crippen MR) is 132 cm³/mol. The Balaban J connectivity index is 1.50. The zero-order valence-electron chi connectivity index (χ0n) is 20.3. The summed E-state index contributed by atoms with van der Waals surface area (Å²) in [5.41, 5.74) is 3.42. The van der Waals surface area contributed by atoms with Crippen LogP contribution in [0.15, 0.2) is 48.5 Å². The maximum atomic E-state index is 14.0. The molecular weight excluding hydrogens is 444 g/mol. The van der Waals surface area contributed by atoms with E-state index in [1.165, 1.54) is 0 Å². The summed E-state index contributed by atoms with van der Waals surface area (Å²) < 4.78 is 6.96. The van der Waals surface area contributed by atoms with Crippen molar-refractivity contribution in [3.8, 4) is 11.4 Å². The number of benzene rings is 2. The van der Waals surface area contributed by atoms with Crippen LogP contribution in [0.5, 0.6) is 5.75 Å². The van der Waals surface area contributed by atoms with Gasteiger partial charge in [0.15, 0.2) is 5.69 Å². The molecule has 9 heteroatoms. The van der Waals surface area contributed by atoms with E-state index in [2.05, 4.69) is 22.3 Å². The number of carbonyl (C=O) groups excluding carboxylic acids is 2. The number of para-hydroxylation sites is 1. The highest BCUT2D eigenvalue weighted by atomic mass is 16.5. The molecule has 2 amide bonds. The fourth-order valence-corrected chi connectivity index (χ4v) is 4.90. The van der Waals surface area contributed by atoms with E-state index in [0.717, 1.165) is 36.4 Å². The number of methoxy groups -OCH3 is 1. The van der Waals surface area contributed by atoms with Crippen LogP contribution in [0.3, 0.4) is 0 Å². The number of nitrogens with zero attached hydrogens (tertiary/aromatic N) is 6. The molecule has 5 rings (SSSR count). The van der Waals surface area contributed by atoms with Gasteiger partial charge < -0.3 is 14.5 Å². The van der Waals surface area contributed by atoms with Crippen molar-refractivity contribution < 1.29 is 14.3 Å². The van der Waals surface area contributed by atoms with Gasteiger partial charge in [0.1, 0.15) is 11.8 Å². The molecule has 0 saturated carbocycles. The lowest BCUT2D eigenvalue weighted by Gasteiger charge is -2.40. The van der Waals surface area contributed by atoms with Crippen molar-refractivity contribution in [1.82, 2.24) is 24.8 Å². The summed E-state index contributed by atoms with van der Waals surface area (Å²) in [4.78, 5) is 33.4. The minimum absolute atomic E-state index is 0.00112. The van der Waals surface area contributed by atoms with Gasteiger partial charge in [-0.25, -0.2) is 4.68 Å². The fourth-order valence-electron chi connectivity index (χ4n) is 4.90. The number of anilines is 1. The number of rotatable bonds is 4. The van der Waals surface area contributed by atoms with Gasteiger partial charge in [0.05, 0.1) is 18.5 Å². The molecule has 9 nitrogen and oxygen atoms in total. The first-order valence-electron chi connectivity index (χ1n) is 11.9. The molecule has 182 valence electrons. The molecule has 1 aromatic heterocycles. The minimum Gasteiger partial charge on any atom is -0.497 e. The molecule has 0 radical (unpaired) electrons. The average molecular weight is 475 g/mol. The molecular formula is C26H30N6O3. The predicted octanol–water partition coefficient (Wildman–Crippen LogP) is 2.32. The monoisotopic (exact) mass is 474 g/mol. The van der Waals surface area contributed by atoms with Crippen molar-refractivity contribution in [3.05, 3.63) is 65.5 Å².